The van der Waals surface area contributed by atoms with Gasteiger partial charge >= 0.3 is 0 Å². The molecule has 6 heteroatoms. The molecule has 1 fully saturated rings. The number of likely N-dealkylation sites (tertiary alicyclic amines) is 1. The van der Waals surface area contributed by atoms with E-state index < -0.39 is 0 Å². The van der Waals surface area contributed by atoms with Gasteiger partial charge in [0.1, 0.15) is 17.9 Å². The zero-order valence-electron chi connectivity index (χ0n) is 12.6. The predicted molar refractivity (Wildman–Crippen MR) is 81.1 cm³/mol. The minimum Gasteiger partial charge on any atom is -0.496 e. The highest BCUT2D eigenvalue weighted by Crippen LogP contribution is 2.32. The number of rotatable bonds is 4. The van der Waals surface area contributed by atoms with Crippen LogP contribution in [-0.2, 0) is 6.54 Å². The molecule has 1 N–H and O–H groups in total. The van der Waals surface area contributed by atoms with Crippen LogP contribution in [0.5, 0.6) is 5.75 Å². The number of aromatic nitrogens is 3. The third-order valence-electron chi connectivity index (χ3n) is 4.15. The summed E-state index contributed by atoms with van der Waals surface area (Å²) in [6, 6.07) is 7.99. The van der Waals surface area contributed by atoms with Gasteiger partial charge in [0.15, 0.2) is 0 Å². The summed E-state index contributed by atoms with van der Waals surface area (Å²) in [5, 5.41) is 16.1. The van der Waals surface area contributed by atoms with E-state index in [2.05, 4.69) is 26.2 Å². The molecule has 6 nitrogen and oxygen atoms in total. The molecule has 114 valence electrons. The number of ether oxygens (including phenoxy) is 1. The van der Waals surface area contributed by atoms with E-state index in [1.165, 1.54) is 12.8 Å². The van der Waals surface area contributed by atoms with Gasteiger partial charge in [0, 0.05) is 12.1 Å². The van der Waals surface area contributed by atoms with Gasteiger partial charge in [0.05, 0.1) is 24.8 Å². The van der Waals surface area contributed by atoms with Crippen molar-refractivity contribution in [2.75, 3.05) is 13.7 Å². The lowest BCUT2D eigenvalue weighted by atomic mass is 10.00. The average Bonchev–Trinajstić information content (AvgIpc) is 3.09. The van der Waals surface area contributed by atoms with E-state index in [9.17, 15) is 0 Å². The lowest BCUT2D eigenvalue weighted by Gasteiger charge is -2.34. The smallest absolute Gasteiger partial charge is 0.141 e. The zero-order chi connectivity index (χ0) is 15.4. The molecule has 0 radical (unpaired) electrons. The first-order chi connectivity index (χ1) is 10.8. The Morgan fingerprint density at radius 2 is 2.36 bits per heavy atom. The first-order valence-corrected chi connectivity index (χ1v) is 7.48. The number of nitrogens with one attached hydrogen (secondary N) is 1. The molecule has 1 aromatic carbocycles. The molecule has 0 unspecified atom stereocenters. The van der Waals surface area contributed by atoms with Crippen LogP contribution < -0.4 is 4.74 Å². The molecule has 2 heterocycles. The zero-order valence-corrected chi connectivity index (χ0v) is 12.6. The highest BCUT2D eigenvalue weighted by Gasteiger charge is 2.26. The van der Waals surface area contributed by atoms with Crippen LogP contribution in [0.25, 0.3) is 0 Å². The van der Waals surface area contributed by atoms with Gasteiger partial charge < -0.3 is 4.74 Å². The fourth-order valence-electron chi connectivity index (χ4n) is 3.06. The summed E-state index contributed by atoms with van der Waals surface area (Å²) < 4.78 is 5.44. The van der Waals surface area contributed by atoms with Crippen LogP contribution in [0.15, 0.2) is 24.5 Å². The Kier molecular flexibility index (Phi) is 4.35. The molecule has 3 rings (SSSR count). The van der Waals surface area contributed by atoms with Crippen molar-refractivity contribution in [1.82, 2.24) is 20.1 Å². The van der Waals surface area contributed by atoms with Crippen molar-refractivity contribution in [2.45, 2.75) is 31.8 Å². The van der Waals surface area contributed by atoms with Gasteiger partial charge in [-0.25, -0.2) is 4.98 Å². The number of hydrogen-bond acceptors (Lipinski definition) is 5. The van der Waals surface area contributed by atoms with Crippen molar-refractivity contribution in [3.8, 4) is 11.8 Å². The van der Waals surface area contributed by atoms with Gasteiger partial charge in [-0.1, -0.05) is 6.42 Å². The number of piperidine rings is 1. The van der Waals surface area contributed by atoms with Crippen molar-refractivity contribution in [3.63, 3.8) is 0 Å². The SMILES string of the molecule is COc1ccc(C#N)cc1CN1CCCC[C@H]1c1ncn[nH]1. The highest BCUT2D eigenvalue weighted by molar-refractivity contribution is 5.42. The number of hydrogen-bond donors (Lipinski definition) is 1. The standard InChI is InChI=1S/C16H19N5O/c1-22-15-6-5-12(9-17)8-13(15)10-21-7-3-2-4-14(21)16-18-11-19-20-16/h5-6,8,11,14H,2-4,7,10H2,1H3,(H,18,19,20)/t14-/m0/s1. The molecule has 0 bridgehead atoms. The topological polar surface area (TPSA) is 77.8 Å². The molecular weight excluding hydrogens is 278 g/mol. The van der Waals surface area contributed by atoms with Crippen LogP contribution in [0.1, 0.15) is 42.3 Å². The first kappa shape index (κ1) is 14.5. The number of aromatic amines is 1. The molecule has 0 amide bonds. The summed E-state index contributed by atoms with van der Waals surface area (Å²) in [5.41, 5.74) is 1.69. The average molecular weight is 297 g/mol. The second kappa shape index (κ2) is 6.58. The Labute approximate surface area is 129 Å². The molecule has 2 aromatic rings. The minimum absolute atomic E-state index is 0.242. The Balaban J connectivity index is 1.85. The van der Waals surface area contributed by atoms with Gasteiger partial charge in [-0.15, -0.1) is 0 Å². The monoisotopic (exact) mass is 297 g/mol. The van der Waals surface area contributed by atoms with Gasteiger partial charge in [-0.2, -0.15) is 10.4 Å². The number of nitriles is 1. The summed E-state index contributed by atoms with van der Waals surface area (Å²) in [7, 11) is 1.66. The van der Waals surface area contributed by atoms with Crippen molar-refractivity contribution in [2.24, 2.45) is 0 Å². The van der Waals surface area contributed by atoms with Crippen LogP contribution >= 0.6 is 0 Å². The molecule has 22 heavy (non-hydrogen) atoms. The summed E-state index contributed by atoms with van der Waals surface area (Å²) >= 11 is 0. The fourth-order valence-corrected chi connectivity index (χ4v) is 3.06. The highest BCUT2D eigenvalue weighted by atomic mass is 16.5. The third-order valence-corrected chi connectivity index (χ3v) is 4.15. The van der Waals surface area contributed by atoms with Crippen LogP contribution in [0.3, 0.4) is 0 Å². The van der Waals surface area contributed by atoms with Crippen LogP contribution in [0.4, 0.5) is 0 Å². The number of methoxy groups -OCH3 is 1. The van der Waals surface area contributed by atoms with Crippen LogP contribution in [-0.4, -0.2) is 33.7 Å². The second-order valence-corrected chi connectivity index (χ2v) is 5.49. The lowest BCUT2D eigenvalue weighted by molar-refractivity contribution is 0.133. The Bertz CT molecular complexity index is 662. The van der Waals surface area contributed by atoms with Gasteiger partial charge in [0.25, 0.3) is 0 Å². The number of H-pyrrole nitrogens is 1. The van der Waals surface area contributed by atoms with E-state index in [4.69, 9.17) is 10.00 Å². The molecule has 1 aromatic heterocycles. The third kappa shape index (κ3) is 2.95. The van der Waals surface area contributed by atoms with E-state index in [0.717, 1.165) is 36.6 Å². The Morgan fingerprint density at radius 3 is 3.09 bits per heavy atom. The Hall–Kier alpha value is -2.39. The molecule has 0 saturated carbocycles. The predicted octanol–water partition coefficient (Wildman–Crippen LogP) is 2.41. The molecule has 1 saturated heterocycles. The number of benzene rings is 1. The van der Waals surface area contributed by atoms with E-state index in [1.54, 1.807) is 19.5 Å². The fraction of sp³-hybridized carbons (Fsp3) is 0.438. The van der Waals surface area contributed by atoms with E-state index in [-0.39, 0.29) is 6.04 Å². The van der Waals surface area contributed by atoms with Gasteiger partial charge in [-0.3, -0.25) is 10.00 Å². The quantitative estimate of drug-likeness (QED) is 0.937. The van der Waals surface area contributed by atoms with Gasteiger partial charge in [0.2, 0.25) is 0 Å². The largest absolute Gasteiger partial charge is 0.496 e. The Morgan fingerprint density at radius 1 is 1.45 bits per heavy atom. The van der Waals surface area contributed by atoms with Crippen molar-refractivity contribution >= 4 is 0 Å². The van der Waals surface area contributed by atoms with Crippen LogP contribution in [0.2, 0.25) is 0 Å². The van der Waals surface area contributed by atoms with E-state index in [0.29, 0.717) is 5.56 Å². The molecule has 0 aliphatic carbocycles. The number of nitrogens with zero attached hydrogens (tertiary/aromatic N) is 4. The summed E-state index contributed by atoms with van der Waals surface area (Å²) in [5.74, 6) is 1.73. The normalized spacial score (nSPS) is 18.8. The molecule has 1 atom stereocenters. The molecule has 1 aliphatic heterocycles. The maximum atomic E-state index is 9.11. The maximum absolute atomic E-state index is 9.11. The summed E-state index contributed by atoms with van der Waals surface area (Å²) in [6.07, 6.45) is 4.98. The van der Waals surface area contributed by atoms with Crippen LogP contribution in [0, 0.1) is 11.3 Å². The van der Waals surface area contributed by atoms with E-state index in [1.807, 2.05) is 12.1 Å². The summed E-state index contributed by atoms with van der Waals surface area (Å²) in [4.78, 5) is 6.69. The van der Waals surface area contributed by atoms with Crippen molar-refractivity contribution in [1.29, 1.82) is 5.26 Å². The first-order valence-electron chi connectivity index (χ1n) is 7.48. The maximum Gasteiger partial charge on any atom is 0.141 e. The van der Waals surface area contributed by atoms with Gasteiger partial charge in [-0.05, 0) is 37.6 Å². The molecule has 0 spiro atoms. The lowest BCUT2D eigenvalue weighted by Crippen LogP contribution is -2.33. The van der Waals surface area contributed by atoms with Crippen molar-refractivity contribution < 1.29 is 4.74 Å². The minimum atomic E-state index is 0.242. The van der Waals surface area contributed by atoms with Crippen molar-refractivity contribution in [3.05, 3.63) is 41.5 Å². The van der Waals surface area contributed by atoms with E-state index >= 15 is 0 Å². The molecular formula is C16H19N5O. The summed E-state index contributed by atoms with van der Waals surface area (Å²) in [6.45, 7) is 1.75. The second-order valence-electron chi connectivity index (χ2n) is 5.49. The molecule has 1 aliphatic rings.